The molecule has 0 rings (SSSR count). The van der Waals surface area contributed by atoms with Gasteiger partial charge in [0, 0.05) is 6.04 Å². The number of carbonyl (C=O) groups is 1. The van der Waals surface area contributed by atoms with Gasteiger partial charge in [0.2, 0.25) is 5.91 Å². The van der Waals surface area contributed by atoms with Gasteiger partial charge in [-0.25, -0.2) is 8.42 Å². The van der Waals surface area contributed by atoms with Crippen molar-refractivity contribution in [2.45, 2.75) is 51.8 Å². The van der Waals surface area contributed by atoms with Crippen molar-refractivity contribution in [3.05, 3.63) is 0 Å². The second kappa shape index (κ2) is 7.74. The zero-order chi connectivity index (χ0) is 14.3. The van der Waals surface area contributed by atoms with Crippen LogP contribution in [0.25, 0.3) is 0 Å². The molecule has 18 heavy (non-hydrogen) atoms. The minimum atomic E-state index is -3.42. The fourth-order valence-electron chi connectivity index (χ4n) is 1.58. The lowest BCUT2D eigenvalue weighted by Gasteiger charge is -2.19. The van der Waals surface area contributed by atoms with E-state index in [0.29, 0.717) is 6.54 Å². The number of sulfone groups is 1. The van der Waals surface area contributed by atoms with E-state index in [4.69, 9.17) is 5.73 Å². The predicted molar refractivity (Wildman–Crippen MR) is 74.0 cm³/mol. The van der Waals surface area contributed by atoms with Gasteiger partial charge in [-0.2, -0.15) is 0 Å². The van der Waals surface area contributed by atoms with Crippen molar-refractivity contribution in [1.82, 2.24) is 5.32 Å². The van der Waals surface area contributed by atoms with Crippen LogP contribution >= 0.6 is 0 Å². The van der Waals surface area contributed by atoms with Gasteiger partial charge in [0.05, 0.1) is 5.75 Å². The Morgan fingerprint density at radius 1 is 1.22 bits per heavy atom. The van der Waals surface area contributed by atoms with Crippen molar-refractivity contribution >= 4 is 15.7 Å². The number of rotatable bonds is 8. The molecule has 0 bridgehead atoms. The molecule has 0 heterocycles. The maximum Gasteiger partial charge on any atom is 0.238 e. The lowest BCUT2D eigenvalue weighted by atomic mass is 10.2. The highest BCUT2D eigenvalue weighted by Crippen LogP contribution is 2.09. The number of hydrogen-bond donors (Lipinski definition) is 2. The third-order valence-electron chi connectivity index (χ3n) is 3.16. The Bertz CT molecular complexity index is 350. The standard InChI is InChI=1S/C12H26N2O3S/c1-5-11(6-2)14-12(15)10(4)18(16,17)8-9(3)7-13/h9-11H,5-8,13H2,1-4H3,(H,14,15). The summed E-state index contributed by atoms with van der Waals surface area (Å²) in [5.41, 5.74) is 5.41. The van der Waals surface area contributed by atoms with E-state index in [1.54, 1.807) is 6.92 Å². The SMILES string of the molecule is CCC(CC)NC(=O)C(C)S(=O)(=O)CC(C)CN. The van der Waals surface area contributed by atoms with Crippen LogP contribution in [-0.4, -0.2) is 37.9 Å². The molecule has 0 spiro atoms. The zero-order valence-corrected chi connectivity index (χ0v) is 12.6. The molecule has 0 aliphatic heterocycles. The van der Waals surface area contributed by atoms with Gasteiger partial charge < -0.3 is 11.1 Å². The van der Waals surface area contributed by atoms with Crippen LogP contribution in [0.1, 0.15) is 40.5 Å². The fraction of sp³-hybridized carbons (Fsp3) is 0.917. The first-order valence-corrected chi connectivity index (χ1v) is 8.21. The molecular formula is C12H26N2O3S. The van der Waals surface area contributed by atoms with Crippen LogP contribution in [0.2, 0.25) is 0 Å². The van der Waals surface area contributed by atoms with E-state index in [1.807, 2.05) is 13.8 Å². The summed E-state index contributed by atoms with van der Waals surface area (Å²) in [6, 6.07) is 0.0436. The molecule has 0 radical (unpaired) electrons. The van der Waals surface area contributed by atoms with Gasteiger partial charge in [0.1, 0.15) is 5.25 Å². The van der Waals surface area contributed by atoms with Crippen molar-refractivity contribution in [2.75, 3.05) is 12.3 Å². The first-order valence-electron chi connectivity index (χ1n) is 6.50. The summed E-state index contributed by atoms with van der Waals surface area (Å²) in [4.78, 5) is 11.9. The zero-order valence-electron chi connectivity index (χ0n) is 11.8. The van der Waals surface area contributed by atoms with Crippen molar-refractivity contribution in [3.63, 3.8) is 0 Å². The van der Waals surface area contributed by atoms with Crippen LogP contribution in [0.3, 0.4) is 0 Å². The van der Waals surface area contributed by atoms with Crippen molar-refractivity contribution in [2.24, 2.45) is 11.7 Å². The molecule has 0 aromatic rings. The Kier molecular flexibility index (Phi) is 7.47. The van der Waals surface area contributed by atoms with Gasteiger partial charge in [-0.1, -0.05) is 20.8 Å². The molecule has 6 heteroatoms. The van der Waals surface area contributed by atoms with E-state index < -0.39 is 21.0 Å². The maximum absolute atomic E-state index is 12.0. The molecule has 3 N–H and O–H groups in total. The first-order chi connectivity index (χ1) is 8.28. The Labute approximate surface area is 110 Å². The molecule has 0 aromatic heterocycles. The largest absolute Gasteiger partial charge is 0.352 e. The van der Waals surface area contributed by atoms with Gasteiger partial charge >= 0.3 is 0 Å². The van der Waals surface area contributed by atoms with Gasteiger partial charge in [-0.15, -0.1) is 0 Å². The summed E-state index contributed by atoms with van der Waals surface area (Å²) < 4.78 is 24.0. The third kappa shape index (κ3) is 5.35. The Morgan fingerprint density at radius 3 is 2.11 bits per heavy atom. The van der Waals surface area contributed by atoms with Gasteiger partial charge in [0.15, 0.2) is 9.84 Å². The number of carbonyl (C=O) groups excluding carboxylic acids is 1. The first kappa shape index (κ1) is 17.4. The lowest BCUT2D eigenvalue weighted by Crippen LogP contribution is -2.44. The van der Waals surface area contributed by atoms with Crippen LogP contribution < -0.4 is 11.1 Å². The molecule has 2 unspecified atom stereocenters. The maximum atomic E-state index is 12.0. The number of nitrogens with two attached hydrogens (primary N) is 1. The van der Waals surface area contributed by atoms with E-state index in [1.165, 1.54) is 6.92 Å². The van der Waals surface area contributed by atoms with E-state index >= 15 is 0 Å². The Balaban J connectivity index is 4.62. The molecule has 0 aliphatic rings. The predicted octanol–water partition coefficient (Wildman–Crippen LogP) is 0.689. The lowest BCUT2D eigenvalue weighted by molar-refractivity contribution is -0.121. The van der Waals surface area contributed by atoms with Crippen LogP contribution in [0.5, 0.6) is 0 Å². The number of hydrogen-bond acceptors (Lipinski definition) is 4. The molecule has 0 aromatic carbocycles. The topological polar surface area (TPSA) is 89.3 Å². The molecule has 0 fully saturated rings. The van der Waals surface area contributed by atoms with Gasteiger partial charge in [-0.3, -0.25) is 4.79 Å². The fourth-order valence-corrected chi connectivity index (χ4v) is 3.20. The van der Waals surface area contributed by atoms with E-state index in [9.17, 15) is 13.2 Å². The molecule has 0 saturated heterocycles. The summed E-state index contributed by atoms with van der Waals surface area (Å²) in [5.74, 6) is -0.576. The highest BCUT2D eigenvalue weighted by atomic mass is 32.2. The number of nitrogens with one attached hydrogen (secondary N) is 1. The van der Waals surface area contributed by atoms with Crippen molar-refractivity contribution in [1.29, 1.82) is 0 Å². The van der Waals surface area contributed by atoms with E-state index in [0.717, 1.165) is 12.8 Å². The molecule has 5 nitrogen and oxygen atoms in total. The van der Waals surface area contributed by atoms with Crippen molar-refractivity contribution < 1.29 is 13.2 Å². The van der Waals surface area contributed by atoms with Gasteiger partial charge in [-0.05, 0) is 32.2 Å². The molecule has 0 aliphatic carbocycles. The molecule has 2 atom stereocenters. The van der Waals surface area contributed by atoms with E-state index in [2.05, 4.69) is 5.32 Å². The summed E-state index contributed by atoms with van der Waals surface area (Å²) in [5, 5.41) is 1.76. The summed E-state index contributed by atoms with van der Waals surface area (Å²) >= 11 is 0. The summed E-state index contributed by atoms with van der Waals surface area (Å²) in [7, 11) is -3.42. The Morgan fingerprint density at radius 2 is 1.72 bits per heavy atom. The summed E-state index contributed by atoms with van der Waals surface area (Å²) in [6.07, 6.45) is 1.60. The molecule has 0 saturated carbocycles. The highest BCUT2D eigenvalue weighted by molar-refractivity contribution is 7.92. The normalized spacial score (nSPS) is 15.4. The monoisotopic (exact) mass is 278 g/mol. The average Bonchev–Trinajstić information content (AvgIpc) is 2.33. The van der Waals surface area contributed by atoms with Gasteiger partial charge in [0.25, 0.3) is 0 Å². The molecule has 1 amide bonds. The molecular weight excluding hydrogens is 252 g/mol. The summed E-state index contributed by atoms with van der Waals surface area (Å²) in [6.45, 7) is 7.44. The van der Waals surface area contributed by atoms with Crippen LogP contribution in [0, 0.1) is 5.92 Å². The second-order valence-electron chi connectivity index (χ2n) is 4.83. The van der Waals surface area contributed by atoms with Crippen LogP contribution in [-0.2, 0) is 14.6 Å². The highest BCUT2D eigenvalue weighted by Gasteiger charge is 2.29. The van der Waals surface area contributed by atoms with E-state index in [-0.39, 0.29) is 17.7 Å². The minimum absolute atomic E-state index is 0.0407. The average molecular weight is 278 g/mol. The van der Waals surface area contributed by atoms with Crippen molar-refractivity contribution in [3.8, 4) is 0 Å². The third-order valence-corrected chi connectivity index (χ3v) is 5.48. The Hall–Kier alpha value is -0.620. The quantitative estimate of drug-likeness (QED) is 0.683. The van der Waals surface area contributed by atoms with Crippen LogP contribution in [0.15, 0.2) is 0 Å². The van der Waals surface area contributed by atoms with Crippen LogP contribution in [0.4, 0.5) is 0 Å². The molecule has 108 valence electrons. The number of amides is 1. The minimum Gasteiger partial charge on any atom is -0.352 e. The smallest absolute Gasteiger partial charge is 0.238 e. The second-order valence-corrected chi connectivity index (χ2v) is 7.20.